The van der Waals surface area contributed by atoms with Gasteiger partial charge in [0, 0.05) is 55.1 Å². The van der Waals surface area contributed by atoms with Crippen molar-refractivity contribution in [3.05, 3.63) is 47.8 Å². The fourth-order valence-corrected chi connectivity index (χ4v) is 3.82. The van der Waals surface area contributed by atoms with Gasteiger partial charge in [-0.25, -0.2) is 0 Å². The molecule has 0 spiro atoms. The molecule has 0 bridgehead atoms. The highest BCUT2D eigenvalue weighted by Gasteiger charge is 2.27. The van der Waals surface area contributed by atoms with Crippen molar-refractivity contribution < 1.29 is 9.59 Å². The van der Waals surface area contributed by atoms with Crippen molar-refractivity contribution >= 4 is 17.5 Å². The number of amides is 2. The third-order valence-electron chi connectivity index (χ3n) is 5.15. The minimum atomic E-state index is 0.0395. The summed E-state index contributed by atoms with van der Waals surface area (Å²) in [5.41, 5.74) is 2.58. The minimum absolute atomic E-state index is 0.0395. The maximum absolute atomic E-state index is 13.0. The number of benzene rings is 1. The van der Waals surface area contributed by atoms with Gasteiger partial charge < -0.3 is 9.80 Å². The first kappa shape index (κ1) is 15.9. The molecule has 6 nitrogen and oxygen atoms in total. The first-order valence-electron chi connectivity index (χ1n) is 8.91. The van der Waals surface area contributed by atoms with E-state index in [1.807, 2.05) is 35.2 Å². The van der Waals surface area contributed by atoms with Crippen LogP contribution in [-0.2, 0) is 4.79 Å². The van der Waals surface area contributed by atoms with E-state index in [9.17, 15) is 9.59 Å². The maximum atomic E-state index is 13.0. The molecule has 25 heavy (non-hydrogen) atoms. The Morgan fingerprint density at radius 3 is 2.88 bits per heavy atom. The van der Waals surface area contributed by atoms with Crippen LogP contribution in [0.25, 0.3) is 0 Å². The molecule has 2 saturated heterocycles. The van der Waals surface area contributed by atoms with Crippen molar-refractivity contribution in [2.75, 3.05) is 24.5 Å². The number of hydrogen-bond acceptors (Lipinski definition) is 3. The van der Waals surface area contributed by atoms with Gasteiger partial charge in [0.2, 0.25) is 5.91 Å². The van der Waals surface area contributed by atoms with Gasteiger partial charge in [-0.1, -0.05) is 6.07 Å². The Morgan fingerprint density at radius 2 is 2.12 bits per heavy atom. The maximum Gasteiger partial charge on any atom is 0.253 e. The molecule has 0 radical (unpaired) electrons. The van der Waals surface area contributed by atoms with Crippen LogP contribution in [0.2, 0.25) is 0 Å². The number of H-pyrrole nitrogens is 1. The number of anilines is 1. The van der Waals surface area contributed by atoms with Crippen molar-refractivity contribution in [3.8, 4) is 0 Å². The van der Waals surface area contributed by atoms with Crippen molar-refractivity contribution in [1.29, 1.82) is 0 Å². The van der Waals surface area contributed by atoms with Gasteiger partial charge in [-0.15, -0.1) is 0 Å². The second kappa shape index (κ2) is 6.70. The molecule has 3 heterocycles. The minimum Gasteiger partial charge on any atom is -0.338 e. The number of aromatic nitrogens is 2. The van der Waals surface area contributed by atoms with Crippen LogP contribution in [0.5, 0.6) is 0 Å². The average Bonchev–Trinajstić information content (AvgIpc) is 3.33. The third kappa shape index (κ3) is 3.16. The second-order valence-electron chi connectivity index (χ2n) is 6.80. The normalized spacial score (nSPS) is 21.0. The summed E-state index contributed by atoms with van der Waals surface area (Å²) < 4.78 is 0. The standard InChI is InChI=1S/C19H22N4O2/c24-18-7-3-11-23(18)16-6-1-4-14(12-16)19(25)22-10-2-5-15(13-22)17-8-9-20-21-17/h1,4,6,8-9,12,15H,2-3,5,7,10-11,13H2,(H,20,21)/t15-/m0/s1. The van der Waals surface area contributed by atoms with Gasteiger partial charge in [0.25, 0.3) is 5.91 Å². The van der Waals surface area contributed by atoms with Gasteiger partial charge in [0.15, 0.2) is 0 Å². The molecule has 2 aliphatic heterocycles. The van der Waals surface area contributed by atoms with Crippen molar-refractivity contribution in [3.63, 3.8) is 0 Å². The predicted molar refractivity (Wildman–Crippen MR) is 94.5 cm³/mol. The summed E-state index contributed by atoms with van der Waals surface area (Å²) in [7, 11) is 0. The fraction of sp³-hybridized carbons (Fsp3) is 0.421. The molecular formula is C19H22N4O2. The first-order chi connectivity index (χ1) is 12.2. The number of nitrogens with zero attached hydrogens (tertiary/aromatic N) is 3. The van der Waals surface area contributed by atoms with E-state index >= 15 is 0 Å². The molecule has 0 aliphatic carbocycles. The van der Waals surface area contributed by atoms with Crippen molar-refractivity contribution in [2.24, 2.45) is 0 Å². The van der Waals surface area contributed by atoms with Crippen LogP contribution < -0.4 is 4.90 Å². The number of carbonyl (C=O) groups is 2. The molecule has 6 heteroatoms. The summed E-state index contributed by atoms with van der Waals surface area (Å²) in [5, 5.41) is 7.05. The van der Waals surface area contributed by atoms with E-state index in [1.54, 1.807) is 11.1 Å². The first-order valence-corrected chi connectivity index (χ1v) is 8.91. The molecule has 2 fully saturated rings. The molecular weight excluding hydrogens is 316 g/mol. The zero-order valence-electron chi connectivity index (χ0n) is 14.1. The third-order valence-corrected chi connectivity index (χ3v) is 5.15. The largest absolute Gasteiger partial charge is 0.338 e. The molecule has 4 rings (SSSR count). The molecule has 1 aromatic carbocycles. The summed E-state index contributed by atoms with van der Waals surface area (Å²) in [6.45, 7) is 2.21. The number of rotatable bonds is 3. The number of likely N-dealkylation sites (tertiary alicyclic amines) is 1. The number of carbonyl (C=O) groups excluding carboxylic acids is 2. The summed E-state index contributed by atoms with van der Waals surface area (Å²) in [6.07, 6.45) is 5.28. The lowest BCUT2D eigenvalue weighted by Crippen LogP contribution is -2.39. The van der Waals surface area contributed by atoms with Gasteiger partial charge in [0.05, 0.1) is 0 Å². The summed E-state index contributed by atoms with van der Waals surface area (Å²) in [5.74, 6) is 0.489. The van der Waals surface area contributed by atoms with E-state index in [2.05, 4.69) is 10.2 Å². The van der Waals surface area contributed by atoms with Crippen LogP contribution in [0.15, 0.2) is 36.5 Å². The lowest BCUT2D eigenvalue weighted by Gasteiger charge is -2.32. The molecule has 2 amide bonds. The molecule has 1 atom stereocenters. The number of aromatic amines is 1. The van der Waals surface area contributed by atoms with E-state index < -0.39 is 0 Å². The zero-order valence-corrected chi connectivity index (χ0v) is 14.1. The van der Waals surface area contributed by atoms with Gasteiger partial charge in [-0.05, 0) is 43.5 Å². The molecule has 2 aromatic rings. The molecule has 1 N–H and O–H groups in total. The highest BCUT2D eigenvalue weighted by molar-refractivity contribution is 5.99. The van der Waals surface area contributed by atoms with Crippen LogP contribution in [0.3, 0.4) is 0 Å². The molecule has 0 unspecified atom stereocenters. The summed E-state index contributed by atoms with van der Waals surface area (Å²) in [4.78, 5) is 28.6. The Labute approximate surface area is 146 Å². The van der Waals surface area contributed by atoms with Gasteiger partial charge in [-0.2, -0.15) is 5.10 Å². The smallest absolute Gasteiger partial charge is 0.253 e. The molecule has 2 aliphatic rings. The van der Waals surface area contributed by atoms with Crippen LogP contribution in [-0.4, -0.2) is 46.5 Å². The topological polar surface area (TPSA) is 69.3 Å². The number of piperidine rings is 1. The summed E-state index contributed by atoms with van der Waals surface area (Å²) >= 11 is 0. The van der Waals surface area contributed by atoms with Gasteiger partial charge in [-0.3, -0.25) is 14.7 Å². The quantitative estimate of drug-likeness (QED) is 0.935. The van der Waals surface area contributed by atoms with E-state index in [-0.39, 0.29) is 11.8 Å². The Balaban J connectivity index is 1.51. The lowest BCUT2D eigenvalue weighted by molar-refractivity contribution is -0.117. The van der Waals surface area contributed by atoms with Crippen LogP contribution in [0.4, 0.5) is 5.69 Å². The highest BCUT2D eigenvalue weighted by atomic mass is 16.2. The van der Waals surface area contributed by atoms with Crippen molar-refractivity contribution in [2.45, 2.75) is 31.6 Å². The van der Waals surface area contributed by atoms with Crippen LogP contribution >= 0.6 is 0 Å². The average molecular weight is 338 g/mol. The second-order valence-corrected chi connectivity index (χ2v) is 6.80. The fourth-order valence-electron chi connectivity index (χ4n) is 3.82. The van der Waals surface area contributed by atoms with E-state index in [0.717, 1.165) is 43.7 Å². The van der Waals surface area contributed by atoms with Crippen LogP contribution in [0.1, 0.15) is 47.7 Å². The molecule has 130 valence electrons. The lowest BCUT2D eigenvalue weighted by atomic mass is 9.94. The van der Waals surface area contributed by atoms with Gasteiger partial charge in [0.1, 0.15) is 0 Å². The summed E-state index contributed by atoms with van der Waals surface area (Å²) in [6, 6.07) is 9.45. The van der Waals surface area contributed by atoms with E-state index in [1.165, 1.54) is 0 Å². The Kier molecular flexibility index (Phi) is 4.26. The Bertz CT molecular complexity index is 771. The van der Waals surface area contributed by atoms with E-state index in [0.29, 0.717) is 24.4 Å². The van der Waals surface area contributed by atoms with Crippen LogP contribution in [0, 0.1) is 0 Å². The van der Waals surface area contributed by atoms with Crippen molar-refractivity contribution in [1.82, 2.24) is 15.1 Å². The Hall–Kier alpha value is -2.63. The molecule has 0 saturated carbocycles. The number of nitrogens with one attached hydrogen (secondary N) is 1. The zero-order chi connectivity index (χ0) is 17.2. The predicted octanol–water partition coefficient (Wildman–Crippen LogP) is 2.56. The monoisotopic (exact) mass is 338 g/mol. The Morgan fingerprint density at radius 1 is 1.20 bits per heavy atom. The highest BCUT2D eigenvalue weighted by Crippen LogP contribution is 2.27. The molecule has 1 aromatic heterocycles. The van der Waals surface area contributed by atoms with Gasteiger partial charge >= 0.3 is 0 Å². The van der Waals surface area contributed by atoms with E-state index in [4.69, 9.17) is 0 Å². The number of hydrogen-bond donors (Lipinski definition) is 1. The SMILES string of the molecule is O=C(c1cccc(N2CCCC2=O)c1)N1CCC[C@H](c2ccn[nH]2)C1.